The van der Waals surface area contributed by atoms with Crippen LogP contribution in [-0.4, -0.2) is 11.9 Å². The van der Waals surface area contributed by atoms with Crippen molar-refractivity contribution < 1.29 is 14.3 Å². The Hall–Kier alpha value is -2.14. The molecule has 2 rings (SSSR count). The van der Waals surface area contributed by atoms with Gasteiger partial charge in [-0.05, 0) is 48.9 Å². The van der Waals surface area contributed by atoms with Crippen LogP contribution >= 0.6 is 15.9 Å². The summed E-state index contributed by atoms with van der Waals surface area (Å²) in [5.41, 5.74) is 1.99. The summed E-state index contributed by atoms with van der Waals surface area (Å²) in [5, 5.41) is 2.71. The van der Waals surface area contributed by atoms with E-state index in [1.807, 2.05) is 12.1 Å². The number of ether oxygens (including phenoxy) is 1. The summed E-state index contributed by atoms with van der Waals surface area (Å²) in [5.74, 6) is -0.526. The first-order valence-electron chi connectivity index (χ1n) is 6.80. The van der Waals surface area contributed by atoms with Gasteiger partial charge in [-0.1, -0.05) is 28.1 Å². The van der Waals surface area contributed by atoms with Crippen LogP contribution in [0.4, 0.5) is 5.69 Å². The Bertz CT molecular complexity index is 683. The average molecular weight is 362 g/mol. The summed E-state index contributed by atoms with van der Waals surface area (Å²) in [4.78, 5) is 23.2. The van der Waals surface area contributed by atoms with Gasteiger partial charge in [-0.15, -0.1) is 0 Å². The molecule has 0 aromatic heterocycles. The van der Waals surface area contributed by atoms with Crippen molar-refractivity contribution in [2.45, 2.75) is 20.0 Å². The largest absolute Gasteiger partial charge is 0.454 e. The Balaban J connectivity index is 2.08. The standard InChI is InChI=1S/C17H16BrNO3/c1-11(14-4-3-5-16(10-14)19-12(2)20)22-17(21)13-6-8-15(18)9-7-13/h3-11H,1-2H3,(H,19,20). The van der Waals surface area contributed by atoms with Gasteiger partial charge in [-0.2, -0.15) is 0 Å². The SMILES string of the molecule is CC(=O)Nc1cccc(C(C)OC(=O)c2ccc(Br)cc2)c1. The third-order valence-corrected chi connectivity index (χ3v) is 3.57. The van der Waals surface area contributed by atoms with E-state index in [9.17, 15) is 9.59 Å². The lowest BCUT2D eigenvalue weighted by atomic mass is 10.1. The first-order chi connectivity index (χ1) is 10.5. The second-order valence-electron chi connectivity index (χ2n) is 4.86. The van der Waals surface area contributed by atoms with Crippen LogP contribution in [0.1, 0.15) is 35.9 Å². The molecule has 0 aliphatic rings. The van der Waals surface area contributed by atoms with Crippen LogP contribution in [0.5, 0.6) is 0 Å². The highest BCUT2D eigenvalue weighted by Crippen LogP contribution is 2.22. The number of hydrogen-bond donors (Lipinski definition) is 1. The van der Waals surface area contributed by atoms with Crippen molar-refractivity contribution in [2.75, 3.05) is 5.32 Å². The van der Waals surface area contributed by atoms with Crippen molar-refractivity contribution >= 4 is 33.5 Å². The van der Waals surface area contributed by atoms with E-state index in [0.717, 1.165) is 10.0 Å². The lowest BCUT2D eigenvalue weighted by Gasteiger charge is -2.15. The van der Waals surface area contributed by atoms with Gasteiger partial charge in [-0.3, -0.25) is 4.79 Å². The van der Waals surface area contributed by atoms with Crippen molar-refractivity contribution in [3.63, 3.8) is 0 Å². The van der Waals surface area contributed by atoms with Crippen LogP contribution in [0.25, 0.3) is 0 Å². The van der Waals surface area contributed by atoms with Crippen molar-refractivity contribution in [1.82, 2.24) is 0 Å². The van der Waals surface area contributed by atoms with Gasteiger partial charge >= 0.3 is 5.97 Å². The smallest absolute Gasteiger partial charge is 0.338 e. The molecule has 114 valence electrons. The molecular weight excluding hydrogens is 346 g/mol. The number of carbonyl (C=O) groups excluding carboxylic acids is 2. The number of anilines is 1. The molecule has 0 bridgehead atoms. The fourth-order valence-corrected chi connectivity index (χ4v) is 2.22. The molecular formula is C17H16BrNO3. The van der Waals surface area contributed by atoms with E-state index < -0.39 is 6.10 Å². The van der Waals surface area contributed by atoms with Crippen LogP contribution < -0.4 is 5.32 Å². The Labute approximate surface area is 137 Å². The topological polar surface area (TPSA) is 55.4 Å². The van der Waals surface area contributed by atoms with Gasteiger partial charge in [-0.25, -0.2) is 4.79 Å². The predicted molar refractivity (Wildman–Crippen MR) is 88.7 cm³/mol. The molecule has 5 heteroatoms. The number of benzene rings is 2. The van der Waals surface area contributed by atoms with Gasteiger partial charge in [0, 0.05) is 17.1 Å². The summed E-state index contributed by atoms with van der Waals surface area (Å²) in [6, 6.07) is 14.2. The highest BCUT2D eigenvalue weighted by molar-refractivity contribution is 9.10. The quantitative estimate of drug-likeness (QED) is 0.824. The summed E-state index contributed by atoms with van der Waals surface area (Å²) in [7, 11) is 0. The van der Waals surface area contributed by atoms with Crippen molar-refractivity contribution in [1.29, 1.82) is 0 Å². The van der Waals surface area contributed by atoms with Crippen molar-refractivity contribution in [3.8, 4) is 0 Å². The van der Waals surface area contributed by atoms with Gasteiger partial charge in [0.05, 0.1) is 5.56 Å². The van der Waals surface area contributed by atoms with Gasteiger partial charge in [0.15, 0.2) is 0 Å². The molecule has 1 atom stereocenters. The summed E-state index contributed by atoms with van der Waals surface area (Å²) >= 11 is 3.32. The lowest BCUT2D eigenvalue weighted by Crippen LogP contribution is -2.10. The maximum absolute atomic E-state index is 12.1. The zero-order chi connectivity index (χ0) is 16.1. The van der Waals surface area contributed by atoms with E-state index in [0.29, 0.717) is 11.3 Å². The molecule has 1 unspecified atom stereocenters. The molecule has 1 amide bonds. The molecule has 4 nitrogen and oxygen atoms in total. The minimum Gasteiger partial charge on any atom is -0.454 e. The third-order valence-electron chi connectivity index (χ3n) is 3.04. The number of rotatable bonds is 4. The fraction of sp³-hybridized carbons (Fsp3) is 0.176. The molecule has 0 aliphatic heterocycles. The molecule has 22 heavy (non-hydrogen) atoms. The molecule has 0 saturated carbocycles. The predicted octanol–water partition coefficient (Wildman–Crippen LogP) is 4.33. The molecule has 0 spiro atoms. The molecule has 2 aromatic carbocycles. The van der Waals surface area contributed by atoms with E-state index in [1.165, 1.54) is 6.92 Å². The normalized spacial score (nSPS) is 11.6. The van der Waals surface area contributed by atoms with Crippen molar-refractivity contribution in [2.24, 2.45) is 0 Å². The van der Waals surface area contributed by atoms with E-state index in [2.05, 4.69) is 21.2 Å². The number of halogens is 1. The Morgan fingerprint density at radius 3 is 2.45 bits per heavy atom. The van der Waals surface area contributed by atoms with Gasteiger partial charge < -0.3 is 10.1 Å². The molecule has 0 saturated heterocycles. The molecule has 1 N–H and O–H groups in total. The summed E-state index contributed by atoms with van der Waals surface area (Å²) in [6.45, 7) is 3.24. The fourth-order valence-electron chi connectivity index (χ4n) is 1.96. The number of nitrogens with one attached hydrogen (secondary N) is 1. The average Bonchev–Trinajstić information content (AvgIpc) is 2.47. The third kappa shape index (κ3) is 4.43. The first-order valence-corrected chi connectivity index (χ1v) is 7.59. The molecule has 0 radical (unpaired) electrons. The minimum absolute atomic E-state index is 0.142. The van der Waals surface area contributed by atoms with E-state index in [-0.39, 0.29) is 11.9 Å². The van der Waals surface area contributed by atoms with E-state index >= 15 is 0 Å². The molecule has 0 fully saturated rings. The van der Waals surface area contributed by atoms with Gasteiger partial charge in [0.1, 0.15) is 6.10 Å². The minimum atomic E-state index is -0.412. The van der Waals surface area contributed by atoms with Gasteiger partial charge in [0.25, 0.3) is 0 Å². The van der Waals surface area contributed by atoms with Crippen LogP contribution in [0.3, 0.4) is 0 Å². The molecule has 0 heterocycles. The van der Waals surface area contributed by atoms with Gasteiger partial charge in [0.2, 0.25) is 5.91 Å². The zero-order valence-electron chi connectivity index (χ0n) is 12.3. The number of esters is 1. The zero-order valence-corrected chi connectivity index (χ0v) is 13.9. The Morgan fingerprint density at radius 1 is 1.14 bits per heavy atom. The number of hydrogen-bond acceptors (Lipinski definition) is 3. The monoisotopic (exact) mass is 361 g/mol. The van der Waals surface area contributed by atoms with E-state index in [4.69, 9.17) is 4.74 Å². The maximum Gasteiger partial charge on any atom is 0.338 e. The molecule has 2 aromatic rings. The second kappa shape index (κ2) is 7.22. The van der Waals surface area contributed by atoms with E-state index in [1.54, 1.807) is 43.3 Å². The van der Waals surface area contributed by atoms with Crippen LogP contribution in [0, 0.1) is 0 Å². The highest BCUT2D eigenvalue weighted by Gasteiger charge is 2.14. The molecule has 0 aliphatic carbocycles. The Morgan fingerprint density at radius 2 is 1.82 bits per heavy atom. The first kappa shape index (κ1) is 16.2. The van der Waals surface area contributed by atoms with Crippen LogP contribution in [0.15, 0.2) is 53.0 Å². The lowest BCUT2D eigenvalue weighted by molar-refractivity contribution is -0.114. The second-order valence-corrected chi connectivity index (χ2v) is 5.78. The summed E-state index contributed by atoms with van der Waals surface area (Å²) in [6.07, 6.45) is -0.412. The maximum atomic E-state index is 12.1. The van der Waals surface area contributed by atoms with Crippen LogP contribution in [-0.2, 0) is 9.53 Å². The number of amides is 1. The van der Waals surface area contributed by atoms with Crippen LogP contribution in [0.2, 0.25) is 0 Å². The highest BCUT2D eigenvalue weighted by atomic mass is 79.9. The number of carbonyl (C=O) groups is 2. The Kier molecular flexibility index (Phi) is 5.33. The van der Waals surface area contributed by atoms with Crippen molar-refractivity contribution in [3.05, 3.63) is 64.1 Å². The summed E-state index contributed by atoms with van der Waals surface area (Å²) < 4.78 is 6.36.